The number of nitrogens with one attached hydrogen (secondary N) is 1. The molecule has 0 bridgehead atoms. The quantitative estimate of drug-likeness (QED) is 0.487. The average molecular weight is 506 g/mol. The first-order valence-electron chi connectivity index (χ1n) is 14.0. The zero-order chi connectivity index (χ0) is 25.6. The molecule has 3 aliphatic rings. The van der Waals surface area contributed by atoms with Gasteiger partial charge in [0.2, 0.25) is 5.95 Å². The van der Waals surface area contributed by atoms with Crippen LogP contribution in [0.15, 0.2) is 24.7 Å². The van der Waals surface area contributed by atoms with Crippen LogP contribution < -0.4 is 5.32 Å². The van der Waals surface area contributed by atoms with Gasteiger partial charge in [-0.2, -0.15) is 5.10 Å². The molecule has 0 spiro atoms. The van der Waals surface area contributed by atoms with Crippen molar-refractivity contribution in [2.45, 2.75) is 82.7 Å². The number of likely N-dealkylation sites (tertiary alicyclic amines) is 1. The molecule has 1 N–H and O–H groups in total. The van der Waals surface area contributed by atoms with Crippen LogP contribution in [0.3, 0.4) is 0 Å². The molecule has 9 heteroatoms. The minimum Gasteiger partial charge on any atom is -0.383 e. The van der Waals surface area contributed by atoms with Crippen LogP contribution in [0.2, 0.25) is 0 Å². The van der Waals surface area contributed by atoms with Crippen molar-refractivity contribution < 1.29 is 9.53 Å². The lowest BCUT2D eigenvalue weighted by atomic mass is 9.81. The molecule has 0 radical (unpaired) electrons. The van der Waals surface area contributed by atoms with Crippen LogP contribution in [-0.2, 0) is 15.1 Å². The van der Waals surface area contributed by atoms with Crippen molar-refractivity contribution in [3.8, 4) is 11.1 Å². The van der Waals surface area contributed by atoms with E-state index in [-0.39, 0.29) is 11.9 Å². The third-order valence-corrected chi connectivity index (χ3v) is 8.62. The van der Waals surface area contributed by atoms with Crippen molar-refractivity contribution in [2.24, 2.45) is 5.92 Å². The van der Waals surface area contributed by atoms with Crippen LogP contribution in [0.4, 0.5) is 5.95 Å². The SMILES string of the molecule is COC[C@H](C)Nc1ncc2c(-c3cnn(C4(C(=O)N5CCCC5)CC4)c3)cc(C3CCC(C)CC3)n2n1. The van der Waals surface area contributed by atoms with Gasteiger partial charge in [0.1, 0.15) is 5.54 Å². The van der Waals surface area contributed by atoms with E-state index in [0.717, 1.165) is 61.3 Å². The predicted molar refractivity (Wildman–Crippen MR) is 143 cm³/mol. The van der Waals surface area contributed by atoms with Gasteiger partial charge in [-0.15, -0.1) is 5.10 Å². The van der Waals surface area contributed by atoms with Gasteiger partial charge in [-0.05, 0) is 57.4 Å². The van der Waals surface area contributed by atoms with Crippen LogP contribution in [-0.4, -0.2) is 68.0 Å². The fourth-order valence-corrected chi connectivity index (χ4v) is 6.24. The molecule has 37 heavy (non-hydrogen) atoms. The first kappa shape index (κ1) is 24.4. The summed E-state index contributed by atoms with van der Waals surface area (Å²) < 4.78 is 9.29. The second kappa shape index (κ2) is 9.74. The summed E-state index contributed by atoms with van der Waals surface area (Å²) in [7, 11) is 1.70. The van der Waals surface area contributed by atoms with E-state index in [0.29, 0.717) is 18.5 Å². The molecule has 1 saturated heterocycles. The highest BCUT2D eigenvalue weighted by Gasteiger charge is 2.54. The fraction of sp³-hybridized carbons (Fsp3) is 0.643. The highest BCUT2D eigenvalue weighted by molar-refractivity contribution is 5.88. The van der Waals surface area contributed by atoms with Crippen molar-refractivity contribution in [3.63, 3.8) is 0 Å². The normalized spacial score (nSPS) is 23.9. The fourth-order valence-electron chi connectivity index (χ4n) is 6.24. The summed E-state index contributed by atoms with van der Waals surface area (Å²) in [6, 6.07) is 2.40. The molecule has 3 aromatic rings. The van der Waals surface area contributed by atoms with Crippen molar-refractivity contribution in [2.75, 3.05) is 32.1 Å². The number of hydrogen-bond donors (Lipinski definition) is 1. The van der Waals surface area contributed by atoms with Crippen molar-refractivity contribution in [3.05, 3.63) is 30.4 Å². The van der Waals surface area contributed by atoms with Gasteiger partial charge in [0.15, 0.2) is 0 Å². The second-order valence-corrected chi connectivity index (χ2v) is 11.5. The van der Waals surface area contributed by atoms with Crippen molar-refractivity contribution >= 4 is 17.4 Å². The summed E-state index contributed by atoms with van der Waals surface area (Å²) in [5.74, 6) is 2.10. The predicted octanol–water partition coefficient (Wildman–Crippen LogP) is 4.44. The van der Waals surface area contributed by atoms with E-state index in [1.54, 1.807) is 7.11 Å². The monoisotopic (exact) mass is 505 g/mol. The molecule has 9 nitrogen and oxygen atoms in total. The number of fused-ring (bicyclic) bond motifs is 1. The van der Waals surface area contributed by atoms with E-state index in [9.17, 15) is 4.79 Å². The number of rotatable bonds is 8. The Balaban J connectivity index is 1.35. The zero-order valence-electron chi connectivity index (χ0n) is 22.3. The van der Waals surface area contributed by atoms with E-state index in [1.165, 1.54) is 31.4 Å². The van der Waals surface area contributed by atoms with Gasteiger partial charge in [-0.25, -0.2) is 9.50 Å². The van der Waals surface area contributed by atoms with E-state index in [4.69, 9.17) is 14.9 Å². The van der Waals surface area contributed by atoms with Gasteiger partial charge < -0.3 is 15.0 Å². The number of hydrogen-bond acceptors (Lipinski definition) is 6. The molecular formula is C28H39N7O2. The molecule has 4 heterocycles. The Morgan fingerprint density at radius 1 is 1.19 bits per heavy atom. The summed E-state index contributed by atoms with van der Waals surface area (Å²) in [4.78, 5) is 20.0. The van der Waals surface area contributed by atoms with Crippen LogP contribution >= 0.6 is 0 Å². The molecule has 6 rings (SSSR count). The Morgan fingerprint density at radius 2 is 1.95 bits per heavy atom. The average Bonchev–Trinajstić information content (AvgIpc) is 3.25. The Hall–Kier alpha value is -2.94. The summed E-state index contributed by atoms with van der Waals surface area (Å²) in [6.07, 6.45) is 14.7. The molecule has 0 aromatic carbocycles. The maximum absolute atomic E-state index is 13.3. The lowest BCUT2D eigenvalue weighted by molar-refractivity contribution is -0.135. The minimum atomic E-state index is -0.494. The van der Waals surface area contributed by atoms with E-state index in [1.807, 2.05) is 22.0 Å². The molecule has 1 aliphatic heterocycles. The maximum atomic E-state index is 13.3. The highest BCUT2D eigenvalue weighted by atomic mass is 16.5. The van der Waals surface area contributed by atoms with Gasteiger partial charge >= 0.3 is 0 Å². The number of ether oxygens (including phenoxy) is 1. The Kier molecular flexibility index (Phi) is 6.42. The smallest absolute Gasteiger partial charge is 0.250 e. The minimum absolute atomic E-state index is 0.109. The molecule has 3 aromatic heterocycles. The lowest BCUT2D eigenvalue weighted by Crippen LogP contribution is -2.40. The van der Waals surface area contributed by atoms with Crippen LogP contribution in [0, 0.1) is 5.92 Å². The van der Waals surface area contributed by atoms with E-state index in [2.05, 4.69) is 40.9 Å². The number of amides is 1. The topological polar surface area (TPSA) is 89.6 Å². The van der Waals surface area contributed by atoms with Gasteiger partial charge in [0.05, 0.1) is 24.5 Å². The number of nitrogens with zero attached hydrogens (tertiary/aromatic N) is 6. The third-order valence-electron chi connectivity index (χ3n) is 8.62. The van der Waals surface area contributed by atoms with E-state index < -0.39 is 5.54 Å². The molecule has 2 saturated carbocycles. The molecular weight excluding hydrogens is 466 g/mol. The molecule has 198 valence electrons. The Morgan fingerprint density at radius 3 is 2.65 bits per heavy atom. The first-order chi connectivity index (χ1) is 18.0. The van der Waals surface area contributed by atoms with Gasteiger partial charge in [-0.1, -0.05) is 19.8 Å². The second-order valence-electron chi connectivity index (χ2n) is 11.5. The lowest BCUT2D eigenvalue weighted by Gasteiger charge is -2.25. The molecule has 1 amide bonds. The van der Waals surface area contributed by atoms with Crippen LogP contribution in [0.1, 0.15) is 76.8 Å². The third kappa shape index (κ3) is 4.51. The number of carbonyl (C=O) groups is 1. The number of aromatic nitrogens is 5. The van der Waals surface area contributed by atoms with Crippen LogP contribution in [0.25, 0.3) is 16.6 Å². The first-order valence-corrected chi connectivity index (χ1v) is 14.0. The zero-order valence-corrected chi connectivity index (χ0v) is 22.3. The summed E-state index contributed by atoms with van der Waals surface area (Å²) in [6.45, 7) is 6.75. The standard InChI is InChI=1S/C28H39N7O2/c1-19-6-8-21(9-7-19)24-14-23(25-16-29-27(32-35(24)25)31-20(2)18-37-3)22-15-30-34(17-22)28(10-11-28)26(36)33-12-4-5-13-33/h14-17,19-21H,4-13,18H2,1-3H3,(H,31,32)/t19?,20-,21?/m0/s1. The molecule has 2 aliphatic carbocycles. The van der Waals surface area contributed by atoms with Gasteiger partial charge in [-0.3, -0.25) is 9.48 Å². The highest BCUT2D eigenvalue weighted by Crippen LogP contribution is 2.46. The Bertz CT molecular complexity index is 1260. The summed E-state index contributed by atoms with van der Waals surface area (Å²) >= 11 is 0. The van der Waals surface area contributed by atoms with Gasteiger partial charge in [0, 0.05) is 55.2 Å². The van der Waals surface area contributed by atoms with Gasteiger partial charge in [0.25, 0.3) is 5.91 Å². The van der Waals surface area contributed by atoms with Crippen molar-refractivity contribution in [1.82, 2.24) is 29.3 Å². The molecule has 1 atom stereocenters. The van der Waals surface area contributed by atoms with Crippen molar-refractivity contribution in [1.29, 1.82) is 0 Å². The summed E-state index contributed by atoms with van der Waals surface area (Å²) in [5, 5.41) is 13.0. The van der Waals surface area contributed by atoms with E-state index >= 15 is 0 Å². The van der Waals surface area contributed by atoms with Crippen LogP contribution in [0.5, 0.6) is 0 Å². The molecule has 3 fully saturated rings. The Labute approximate surface area is 218 Å². The number of methoxy groups -OCH3 is 1. The number of anilines is 1. The summed E-state index contributed by atoms with van der Waals surface area (Å²) in [5.41, 5.74) is 3.83. The maximum Gasteiger partial charge on any atom is 0.250 e. The largest absolute Gasteiger partial charge is 0.383 e. The number of carbonyl (C=O) groups excluding carboxylic acids is 1. The molecule has 0 unspecified atom stereocenters.